The van der Waals surface area contributed by atoms with E-state index in [0.717, 1.165) is 13.2 Å². The Hall–Kier alpha value is -3.03. The lowest BCUT2D eigenvalue weighted by atomic mass is 10.0. The highest BCUT2D eigenvalue weighted by Gasteiger charge is 2.32. The number of carbonyl (C=O) groups excluding carboxylic acids is 2. The van der Waals surface area contributed by atoms with Crippen LogP contribution in [0.5, 0.6) is 5.75 Å². The lowest BCUT2D eigenvalue weighted by Gasteiger charge is -2.16. The first-order valence-electron chi connectivity index (χ1n) is 6.63. The SMILES string of the molecule is COC(=O)Nc1cc(C=O)ccc1-c1ccccc1OC(F)(F)F. The maximum atomic E-state index is 12.6. The van der Waals surface area contributed by atoms with Gasteiger partial charge in [0.1, 0.15) is 12.0 Å². The zero-order valence-electron chi connectivity index (χ0n) is 12.4. The summed E-state index contributed by atoms with van der Waals surface area (Å²) in [4.78, 5) is 22.3. The molecule has 1 N–H and O–H groups in total. The molecule has 0 bridgehead atoms. The van der Waals surface area contributed by atoms with Crippen molar-refractivity contribution >= 4 is 18.1 Å². The van der Waals surface area contributed by atoms with Crippen molar-refractivity contribution in [3.63, 3.8) is 0 Å². The van der Waals surface area contributed by atoms with E-state index in [-0.39, 0.29) is 22.4 Å². The number of nitrogens with one attached hydrogen (secondary N) is 1. The number of hydrogen-bond acceptors (Lipinski definition) is 4. The maximum Gasteiger partial charge on any atom is 0.573 e. The summed E-state index contributed by atoms with van der Waals surface area (Å²) in [7, 11) is 1.14. The standard InChI is InChI=1S/C16H12F3NO4/c1-23-15(22)20-13-8-10(9-21)6-7-11(13)12-4-2-3-5-14(12)24-16(17,18)19/h2-9H,1H3,(H,20,22). The monoisotopic (exact) mass is 339 g/mol. The Bertz CT molecular complexity index is 759. The number of amides is 1. The van der Waals surface area contributed by atoms with E-state index in [1.165, 1.54) is 36.4 Å². The molecule has 2 aromatic carbocycles. The third-order valence-corrected chi connectivity index (χ3v) is 3.00. The summed E-state index contributed by atoms with van der Waals surface area (Å²) in [6, 6.07) is 9.61. The molecule has 2 rings (SSSR count). The summed E-state index contributed by atoms with van der Waals surface area (Å²) in [5.41, 5.74) is 0.688. The maximum absolute atomic E-state index is 12.6. The average Bonchev–Trinajstić information content (AvgIpc) is 2.54. The highest BCUT2D eigenvalue weighted by Crippen LogP contribution is 2.37. The number of ether oxygens (including phenoxy) is 2. The lowest BCUT2D eigenvalue weighted by molar-refractivity contribution is -0.274. The van der Waals surface area contributed by atoms with Crippen molar-refractivity contribution in [3.05, 3.63) is 48.0 Å². The quantitative estimate of drug-likeness (QED) is 0.846. The van der Waals surface area contributed by atoms with Gasteiger partial charge >= 0.3 is 12.5 Å². The summed E-state index contributed by atoms with van der Waals surface area (Å²) < 4.78 is 46.2. The predicted octanol–water partition coefficient (Wildman–Crippen LogP) is 4.24. The van der Waals surface area contributed by atoms with E-state index in [2.05, 4.69) is 14.8 Å². The van der Waals surface area contributed by atoms with E-state index in [1.54, 1.807) is 0 Å². The molecular weight excluding hydrogens is 327 g/mol. The molecule has 0 aromatic heterocycles. The molecule has 0 saturated heterocycles. The lowest BCUT2D eigenvalue weighted by Crippen LogP contribution is -2.18. The first kappa shape index (κ1) is 17.3. The Morgan fingerprint density at radius 3 is 2.46 bits per heavy atom. The topological polar surface area (TPSA) is 64.6 Å². The third-order valence-electron chi connectivity index (χ3n) is 3.00. The highest BCUT2D eigenvalue weighted by molar-refractivity contribution is 5.94. The van der Waals surface area contributed by atoms with E-state index in [1.807, 2.05) is 0 Å². The number of alkyl halides is 3. The van der Waals surface area contributed by atoms with Crippen LogP contribution >= 0.6 is 0 Å². The summed E-state index contributed by atoms with van der Waals surface area (Å²) in [5.74, 6) is -0.434. The second-order valence-electron chi connectivity index (χ2n) is 4.58. The molecule has 0 aliphatic heterocycles. The van der Waals surface area contributed by atoms with E-state index in [9.17, 15) is 22.8 Å². The molecule has 8 heteroatoms. The van der Waals surface area contributed by atoms with Crippen LogP contribution in [0.25, 0.3) is 11.1 Å². The number of para-hydroxylation sites is 1. The van der Waals surface area contributed by atoms with E-state index in [4.69, 9.17) is 0 Å². The Labute approximate surface area is 135 Å². The van der Waals surface area contributed by atoms with Crippen LogP contribution in [-0.4, -0.2) is 25.9 Å². The molecule has 2 aromatic rings. The molecule has 0 aliphatic carbocycles. The van der Waals surface area contributed by atoms with Crippen molar-refractivity contribution < 1.29 is 32.2 Å². The number of hydrogen-bond donors (Lipinski definition) is 1. The normalized spacial score (nSPS) is 10.8. The second kappa shape index (κ2) is 7.03. The van der Waals surface area contributed by atoms with Gasteiger partial charge in [-0.1, -0.05) is 30.3 Å². The smallest absolute Gasteiger partial charge is 0.453 e. The van der Waals surface area contributed by atoms with Crippen molar-refractivity contribution in [2.24, 2.45) is 0 Å². The number of aldehydes is 1. The number of halogens is 3. The molecule has 126 valence electrons. The molecule has 5 nitrogen and oxygen atoms in total. The number of rotatable bonds is 4. The van der Waals surface area contributed by atoms with Gasteiger partial charge in [0.2, 0.25) is 0 Å². The van der Waals surface area contributed by atoms with Gasteiger partial charge in [0.15, 0.2) is 0 Å². The summed E-state index contributed by atoms with van der Waals surface area (Å²) in [5, 5.41) is 2.37. The van der Waals surface area contributed by atoms with Crippen LogP contribution < -0.4 is 10.1 Å². The molecule has 0 spiro atoms. The van der Waals surface area contributed by atoms with Gasteiger partial charge in [-0.25, -0.2) is 4.79 Å². The predicted molar refractivity (Wildman–Crippen MR) is 80.0 cm³/mol. The highest BCUT2D eigenvalue weighted by atomic mass is 19.4. The van der Waals surface area contributed by atoms with Gasteiger partial charge in [-0.2, -0.15) is 0 Å². The first-order valence-corrected chi connectivity index (χ1v) is 6.63. The number of methoxy groups -OCH3 is 1. The van der Waals surface area contributed by atoms with Gasteiger partial charge in [0.05, 0.1) is 12.8 Å². The number of anilines is 1. The number of benzene rings is 2. The third kappa shape index (κ3) is 4.25. The largest absolute Gasteiger partial charge is 0.573 e. The molecule has 0 radical (unpaired) electrons. The van der Waals surface area contributed by atoms with Crippen molar-refractivity contribution in [2.75, 3.05) is 12.4 Å². The fourth-order valence-electron chi connectivity index (χ4n) is 2.04. The van der Waals surface area contributed by atoms with Gasteiger partial charge in [-0.05, 0) is 12.1 Å². The zero-order valence-corrected chi connectivity index (χ0v) is 12.4. The van der Waals surface area contributed by atoms with Gasteiger partial charge in [0.25, 0.3) is 0 Å². The summed E-state index contributed by atoms with van der Waals surface area (Å²) in [6.45, 7) is 0. The Morgan fingerprint density at radius 2 is 1.83 bits per heavy atom. The fourth-order valence-corrected chi connectivity index (χ4v) is 2.04. The van der Waals surface area contributed by atoms with E-state index >= 15 is 0 Å². The Balaban J connectivity index is 2.55. The first-order chi connectivity index (χ1) is 11.3. The van der Waals surface area contributed by atoms with E-state index in [0.29, 0.717) is 6.29 Å². The Morgan fingerprint density at radius 1 is 1.12 bits per heavy atom. The van der Waals surface area contributed by atoms with Crippen LogP contribution in [0.15, 0.2) is 42.5 Å². The van der Waals surface area contributed by atoms with Crippen LogP contribution in [0.3, 0.4) is 0 Å². The second-order valence-corrected chi connectivity index (χ2v) is 4.58. The summed E-state index contributed by atoms with van der Waals surface area (Å²) >= 11 is 0. The van der Waals surface area contributed by atoms with Crippen molar-refractivity contribution in [1.29, 1.82) is 0 Å². The zero-order chi connectivity index (χ0) is 17.7. The minimum Gasteiger partial charge on any atom is -0.453 e. The summed E-state index contributed by atoms with van der Waals surface area (Å²) in [6.07, 6.45) is -5.15. The van der Waals surface area contributed by atoms with Gasteiger partial charge in [-0.3, -0.25) is 10.1 Å². The molecule has 0 unspecified atom stereocenters. The van der Waals surface area contributed by atoms with E-state index < -0.39 is 18.2 Å². The van der Waals surface area contributed by atoms with Crippen molar-refractivity contribution in [2.45, 2.75) is 6.36 Å². The number of carbonyl (C=O) groups is 2. The van der Waals surface area contributed by atoms with Crippen LogP contribution in [0, 0.1) is 0 Å². The molecule has 1 amide bonds. The van der Waals surface area contributed by atoms with Crippen molar-refractivity contribution in [1.82, 2.24) is 0 Å². The van der Waals surface area contributed by atoms with Crippen LogP contribution in [-0.2, 0) is 4.74 Å². The molecule has 0 aliphatic rings. The van der Waals surface area contributed by atoms with Crippen LogP contribution in [0.1, 0.15) is 10.4 Å². The van der Waals surface area contributed by atoms with Gasteiger partial charge in [0, 0.05) is 16.7 Å². The van der Waals surface area contributed by atoms with Gasteiger partial charge < -0.3 is 9.47 Å². The molecule has 0 fully saturated rings. The van der Waals surface area contributed by atoms with Crippen LogP contribution in [0.2, 0.25) is 0 Å². The van der Waals surface area contributed by atoms with Gasteiger partial charge in [-0.15, -0.1) is 13.2 Å². The molecular formula is C16H12F3NO4. The molecule has 0 saturated carbocycles. The molecule has 0 atom stereocenters. The average molecular weight is 339 g/mol. The minimum atomic E-state index is -4.87. The molecule has 0 heterocycles. The fraction of sp³-hybridized carbons (Fsp3) is 0.125. The van der Waals surface area contributed by atoms with Crippen molar-refractivity contribution in [3.8, 4) is 16.9 Å². The van der Waals surface area contributed by atoms with Crippen LogP contribution in [0.4, 0.5) is 23.7 Å². The minimum absolute atomic E-state index is 0.0960. The molecule has 24 heavy (non-hydrogen) atoms. The Kier molecular flexibility index (Phi) is 5.08.